The predicted octanol–water partition coefficient (Wildman–Crippen LogP) is 5.48. The fraction of sp³-hybridized carbons (Fsp3) is 0.273. The Balaban J connectivity index is 1.90. The van der Waals surface area contributed by atoms with Crippen LogP contribution in [0.2, 0.25) is 5.02 Å². The van der Waals surface area contributed by atoms with E-state index < -0.39 is 0 Å². The van der Waals surface area contributed by atoms with Crippen LogP contribution in [0.4, 0.5) is 9.52 Å². The molecule has 29 heavy (non-hydrogen) atoms. The molecule has 0 atom stereocenters. The minimum atomic E-state index is -0.382. The third kappa shape index (κ3) is 5.21. The van der Waals surface area contributed by atoms with Gasteiger partial charge in [-0.25, -0.2) is 9.37 Å². The van der Waals surface area contributed by atoms with Gasteiger partial charge in [0, 0.05) is 24.2 Å². The highest BCUT2D eigenvalue weighted by atomic mass is 35.5. The molecule has 1 aromatic heterocycles. The summed E-state index contributed by atoms with van der Waals surface area (Å²) in [6, 6.07) is 12.2. The number of hydrogen-bond acceptors (Lipinski definition) is 4. The van der Waals surface area contributed by atoms with E-state index in [0.717, 1.165) is 23.4 Å². The first-order chi connectivity index (χ1) is 14.0. The van der Waals surface area contributed by atoms with Gasteiger partial charge in [-0.3, -0.25) is 9.69 Å². The first-order valence-corrected chi connectivity index (χ1v) is 10.7. The van der Waals surface area contributed by atoms with Crippen molar-refractivity contribution < 1.29 is 9.18 Å². The standard InChI is InChI=1S/C22H23ClFN3OS/c1-3-26(4-2)14-15-27(20(28)13-12-16-8-5-6-9-17(16)23)22-25-21-18(24)10-7-11-19(21)29-22/h5-13H,3-4,14-15H2,1-2H3/b13-12+. The zero-order valence-corrected chi connectivity index (χ0v) is 18.0. The second-order valence-electron chi connectivity index (χ2n) is 6.45. The number of para-hydroxylation sites is 1. The molecule has 3 rings (SSSR count). The van der Waals surface area contributed by atoms with E-state index in [2.05, 4.69) is 23.7 Å². The van der Waals surface area contributed by atoms with Crippen LogP contribution in [0.3, 0.4) is 0 Å². The van der Waals surface area contributed by atoms with Crippen LogP contribution in [0.25, 0.3) is 16.3 Å². The molecule has 3 aromatic rings. The number of carbonyl (C=O) groups excluding carboxylic acids is 1. The van der Waals surface area contributed by atoms with E-state index in [1.54, 1.807) is 23.1 Å². The van der Waals surface area contributed by atoms with E-state index in [1.165, 1.54) is 23.5 Å². The Bertz CT molecular complexity index is 1020. The van der Waals surface area contributed by atoms with E-state index in [1.807, 2.05) is 24.3 Å². The molecule has 1 heterocycles. The minimum absolute atomic E-state index is 0.212. The monoisotopic (exact) mass is 431 g/mol. The van der Waals surface area contributed by atoms with Crippen molar-refractivity contribution in [1.29, 1.82) is 0 Å². The maximum atomic E-state index is 14.1. The van der Waals surface area contributed by atoms with E-state index >= 15 is 0 Å². The molecule has 0 spiro atoms. The van der Waals surface area contributed by atoms with Crippen molar-refractivity contribution in [3.63, 3.8) is 0 Å². The molecule has 0 saturated carbocycles. The second-order valence-corrected chi connectivity index (χ2v) is 7.87. The van der Waals surface area contributed by atoms with Crippen LogP contribution in [0.1, 0.15) is 19.4 Å². The number of amides is 1. The molecule has 0 bridgehead atoms. The Hall–Kier alpha value is -2.28. The summed E-state index contributed by atoms with van der Waals surface area (Å²) >= 11 is 7.50. The van der Waals surface area contributed by atoms with Crippen LogP contribution in [0.5, 0.6) is 0 Å². The van der Waals surface area contributed by atoms with Gasteiger partial charge in [0.2, 0.25) is 0 Å². The molecule has 2 aromatic carbocycles. The molecule has 0 aliphatic rings. The molecule has 4 nitrogen and oxygen atoms in total. The van der Waals surface area contributed by atoms with Gasteiger partial charge in [0.1, 0.15) is 11.3 Å². The SMILES string of the molecule is CCN(CC)CCN(C(=O)/C=C/c1ccccc1Cl)c1nc2c(F)cccc2s1. The molecular formula is C22H23ClFN3OS. The van der Waals surface area contributed by atoms with Gasteiger partial charge in [-0.1, -0.05) is 61.1 Å². The molecule has 1 amide bonds. The lowest BCUT2D eigenvalue weighted by Gasteiger charge is -2.23. The zero-order chi connectivity index (χ0) is 20.8. The summed E-state index contributed by atoms with van der Waals surface area (Å²) in [6.07, 6.45) is 3.19. The van der Waals surface area contributed by atoms with Gasteiger partial charge in [-0.05, 0) is 42.9 Å². The summed E-state index contributed by atoms with van der Waals surface area (Å²) in [5, 5.41) is 1.07. The number of nitrogens with zero attached hydrogens (tertiary/aromatic N) is 3. The number of benzene rings is 2. The minimum Gasteiger partial charge on any atom is -0.302 e. The summed E-state index contributed by atoms with van der Waals surface area (Å²) in [5.74, 6) is -0.593. The molecule has 0 radical (unpaired) electrons. The average Bonchev–Trinajstić information content (AvgIpc) is 3.16. The molecule has 0 unspecified atom stereocenters. The van der Waals surface area contributed by atoms with Gasteiger partial charge >= 0.3 is 0 Å². The molecule has 0 saturated heterocycles. The molecule has 7 heteroatoms. The number of fused-ring (bicyclic) bond motifs is 1. The quantitative estimate of drug-likeness (QED) is 0.443. The number of likely N-dealkylation sites (N-methyl/N-ethyl adjacent to an activating group) is 1. The Kier molecular flexibility index (Phi) is 7.36. The van der Waals surface area contributed by atoms with E-state index in [9.17, 15) is 9.18 Å². The van der Waals surface area contributed by atoms with Crippen molar-refractivity contribution in [3.8, 4) is 0 Å². The van der Waals surface area contributed by atoms with Gasteiger partial charge in [-0.2, -0.15) is 0 Å². The molecular weight excluding hydrogens is 409 g/mol. The van der Waals surface area contributed by atoms with Gasteiger partial charge in [-0.15, -0.1) is 0 Å². The number of carbonyl (C=O) groups is 1. The predicted molar refractivity (Wildman–Crippen MR) is 120 cm³/mol. The topological polar surface area (TPSA) is 36.4 Å². The third-order valence-electron chi connectivity index (χ3n) is 4.70. The Morgan fingerprint density at radius 3 is 2.59 bits per heavy atom. The highest BCUT2D eigenvalue weighted by molar-refractivity contribution is 7.22. The van der Waals surface area contributed by atoms with Crippen LogP contribution >= 0.6 is 22.9 Å². The van der Waals surface area contributed by atoms with Crippen molar-refractivity contribution in [2.24, 2.45) is 0 Å². The first kappa shape index (κ1) is 21.4. The highest BCUT2D eigenvalue weighted by Gasteiger charge is 2.19. The van der Waals surface area contributed by atoms with Crippen LogP contribution in [-0.4, -0.2) is 42.0 Å². The lowest BCUT2D eigenvalue weighted by Crippen LogP contribution is -2.38. The molecule has 0 aliphatic carbocycles. The van der Waals surface area contributed by atoms with Gasteiger partial charge in [0.05, 0.1) is 4.70 Å². The lowest BCUT2D eigenvalue weighted by molar-refractivity contribution is -0.114. The largest absolute Gasteiger partial charge is 0.302 e. The summed E-state index contributed by atoms with van der Waals surface area (Å²) in [5.41, 5.74) is 1.06. The van der Waals surface area contributed by atoms with Crippen molar-refractivity contribution in [1.82, 2.24) is 9.88 Å². The van der Waals surface area contributed by atoms with E-state index in [0.29, 0.717) is 28.8 Å². The maximum absolute atomic E-state index is 14.1. The lowest BCUT2D eigenvalue weighted by atomic mass is 10.2. The number of hydrogen-bond donors (Lipinski definition) is 0. The molecule has 0 fully saturated rings. The second kappa shape index (κ2) is 9.96. The van der Waals surface area contributed by atoms with Crippen molar-refractivity contribution in [3.05, 3.63) is 64.9 Å². The van der Waals surface area contributed by atoms with Crippen LogP contribution < -0.4 is 4.90 Å². The van der Waals surface area contributed by atoms with E-state index in [-0.39, 0.29) is 11.7 Å². The van der Waals surface area contributed by atoms with Gasteiger partial charge in [0.25, 0.3) is 5.91 Å². The molecule has 0 aliphatic heterocycles. The average molecular weight is 432 g/mol. The van der Waals surface area contributed by atoms with Gasteiger partial charge < -0.3 is 4.90 Å². The Morgan fingerprint density at radius 2 is 1.90 bits per heavy atom. The number of anilines is 1. The maximum Gasteiger partial charge on any atom is 0.252 e. The molecule has 0 N–H and O–H groups in total. The fourth-order valence-corrected chi connectivity index (χ4v) is 4.17. The van der Waals surface area contributed by atoms with Crippen LogP contribution in [-0.2, 0) is 4.79 Å². The number of halogens is 2. The van der Waals surface area contributed by atoms with Gasteiger partial charge in [0.15, 0.2) is 5.13 Å². The summed E-state index contributed by atoms with van der Waals surface area (Å²) < 4.78 is 14.8. The first-order valence-electron chi connectivity index (χ1n) is 9.55. The Labute approximate surface area is 179 Å². The fourth-order valence-electron chi connectivity index (χ4n) is 2.96. The summed E-state index contributed by atoms with van der Waals surface area (Å²) in [7, 11) is 0. The normalized spacial score (nSPS) is 11.6. The zero-order valence-electron chi connectivity index (χ0n) is 16.4. The van der Waals surface area contributed by atoms with Crippen LogP contribution in [0, 0.1) is 5.82 Å². The van der Waals surface area contributed by atoms with Crippen molar-refractivity contribution in [2.45, 2.75) is 13.8 Å². The smallest absolute Gasteiger partial charge is 0.252 e. The highest BCUT2D eigenvalue weighted by Crippen LogP contribution is 2.30. The number of aromatic nitrogens is 1. The molecule has 152 valence electrons. The Morgan fingerprint density at radius 1 is 1.14 bits per heavy atom. The van der Waals surface area contributed by atoms with Crippen molar-refractivity contribution >= 4 is 50.3 Å². The van der Waals surface area contributed by atoms with Crippen molar-refractivity contribution in [2.75, 3.05) is 31.1 Å². The number of thiazole rings is 1. The van der Waals surface area contributed by atoms with Crippen LogP contribution in [0.15, 0.2) is 48.5 Å². The van der Waals surface area contributed by atoms with E-state index in [4.69, 9.17) is 11.6 Å². The number of rotatable bonds is 8. The third-order valence-corrected chi connectivity index (χ3v) is 6.09. The summed E-state index contributed by atoms with van der Waals surface area (Å²) in [4.78, 5) is 21.3. The summed E-state index contributed by atoms with van der Waals surface area (Å²) in [6.45, 7) is 7.12.